The van der Waals surface area contributed by atoms with Gasteiger partial charge in [0.1, 0.15) is 17.3 Å². The van der Waals surface area contributed by atoms with E-state index in [9.17, 15) is 0 Å². The number of aromatic nitrogens is 2. The molecule has 0 bridgehead atoms. The third-order valence-electron chi connectivity index (χ3n) is 3.64. The van der Waals surface area contributed by atoms with Crippen molar-refractivity contribution in [2.75, 3.05) is 31.7 Å². The third-order valence-corrected chi connectivity index (χ3v) is 4.45. The summed E-state index contributed by atoms with van der Waals surface area (Å²) in [6.45, 7) is 5.88. The van der Waals surface area contributed by atoms with E-state index in [1.165, 1.54) is 0 Å². The summed E-state index contributed by atoms with van der Waals surface area (Å²) in [5, 5.41) is 6.44. The Morgan fingerprint density at radius 2 is 2.24 bits per heavy atom. The van der Waals surface area contributed by atoms with Crippen molar-refractivity contribution in [2.24, 2.45) is 5.92 Å². The molecule has 0 aliphatic carbocycles. The topological polar surface area (TPSA) is 56.3 Å². The van der Waals surface area contributed by atoms with Gasteiger partial charge in [-0.1, -0.05) is 0 Å². The van der Waals surface area contributed by atoms with Crippen molar-refractivity contribution in [3.8, 4) is 0 Å². The molecule has 0 radical (unpaired) electrons. The van der Waals surface area contributed by atoms with Gasteiger partial charge in [0.25, 0.3) is 0 Å². The van der Waals surface area contributed by atoms with Gasteiger partial charge in [0.15, 0.2) is 5.82 Å². The van der Waals surface area contributed by atoms with Crippen LogP contribution in [0.3, 0.4) is 0 Å². The SMILES string of the molecule is CCNc1nc(COCC2CCOCC2)nc2sccc12. The van der Waals surface area contributed by atoms with Crippen LogP contribution in [0.5, 0.6) is 0 Å². The molecule has 0 amide bonds. The first-order valence-electron chi connectivity index (χ1n) is 7.50. The summed E-state index contributed by atoms with van der Waals surface area (Å²) in [6.07, 6.45) is 2.18. The smallest absolute Gasteiger partial charge is 0.158 e. The molecule has 2 aromatic rings. The summed E-state index contributed by atoms with van der Waals surface area (Å²) in [4.78, 5) is 10.2. The first-order valence-corrected chi connectivity index (χ1v) is 8.38. The van der Waals surface area contributed by atoms with Crippen LogP contribution in [0.1, 0.15) is 25.6 Å². The van der Waals surface area contributed by atoms with Gasteiger partial charge in [-0.25, -0.2) is 9.97 Å². The Kier molecular flexibility index (Phi) is 5.00. The molecule has 0 saturated carbocycles. The van der Waals surface area contributed by atoms with Gasteiger partial charge < -0.3 is 14.8 Å². The van der Waals surface area contributed by atoms with Gasteiger partial charge in [-0.05, 0) is 37.1 Å². The number of rotatable bonds is 6. The predicted octanol–water partition coefficient (Wildman–Crippen LogP) is 3.07. The molecule has 1 fully saturated rings. The van der Waals surface area contributed by atoms with E-state index in [0.717, 1.165) is 61.1 Å². The molecule has 0 unspecified atom stereocenters. The van der Waals surface area contributed by atoms with Gasteiger partial charge in [-0.2, -0.15) is 0 Å². The molecule has 0 atom stereocenters. The largest absolute Gasteiger partial charge is 0.381 e. The van der Waals surface area contributed by atoms with Crippen molar-refractivity contribution in [1.82, 2.24) is 9.97 Å². The van der Waals surface area contributed by atoms with Crippen LogP contribution in [0.2, 0.25) is 0 Å². The normalized spacial score (nSPS) is 16.4. The highest BCUT2D eigenvalue weighted by molar-refractivity contribution is 7.16. The fraction of sp³-hybridized carbons (Fsp3) is 0.600. The van der Waals surface area contributed by atoms with E-state index in [1.54, 1.807) is 11.3 Å². The summed E-state index contributed by atoms with van der Waals surface area (Å²) in [5.74, 6) is 2.28. The minimum absolute atomic E-state index is 0.476. The molecular weight excluding hydrogens is 286 g/mol. The summed E-state index contributed by atoms with van der Waals surface area (Å²) < 4.78 is 11.2. The Labute approximate surface area is 128 Å². The van der Waals surface area contributed by atoms with Gasteiger partial charge in [-0.15, -0.1) is 11.3 Å². The first-order chi connectivity index (χ1) is 10.4. The van der Waals surface area contributed by atoms with Gasteiger partial charge in [0.05, 0.1) is 12.0 Å². The van der Waals surface area contributed by atoms with Crippen LogP contribution in [-0.2, 0) is 16.1 Å². The van der Waals surface area contributed by atoms with E-state index in [2.05, 4.69) is 28.3 Å². The highest BCUT2D eigenvalue weighted by Crippen LogP contribution is 2.25. The second-order valence-electron chi connectivity index (χ2n) is 5.23. The Morgan fingerprint density at radius 1 is 1.38 bits per heavy atom. The summed E-state index contributed by atoms with van der Waals surface area (Å²) in [7, 11) is 0. The molecule has 21 heavy (non-hydrogen) atoms. The number of hydrogen-bond acceptors (Lipinski definition) is 6. The molecule has 5 nitrogen and oxygen atoms in total. The number of hydrogen-bond donors (Lipinski definition) is 1. The third kappa shape index (κ3) is 3.70. The second kappa shape index (κ2) is 7.15. The molecular formula is C15H21N3O2S. The zero-order valence-electron chi connectivity index (χ0n) is 12.3. The van der Waals surface area contributed by atoms with E-state index < -0.39 is 0 Å². The molecule has 6 heteroatoms. The van der Waals surface area contributed by atoms with E-state index in [0.29, 0.717) is 12.5 Å². The lowest BCUT2D eigenvalue weighted by Crippen LogP contribution is -2.20. The lowest BCUT2D eigenvalue weighted by molar-refractivity contribution is 0.0143. The van der Waals surface area contributed by atoms with Crippen molar-refractivity contribution < 1.29 is 9.47 Å². The number of anilines is 1. The number of nitrogens with zero attached hydrogens (tertiary/aromatic N) is 2. The Bertz CT molecular complexity index is 581. The van der Waals surface area contributed by atoms with Gasteiger partial charge >= 0.3 is 0 Å². The van der Waals surface area contributed by atoms with Crippen LogP contribution in [0.25, 0.3) is 10.2 Å². The van der Waals surface area contributed by atoms with E-state index in [1.807, 2.05) is 5.38 Å². The maximum atomic E-state index is 5.81. The average molecular weight is 307 g/mol. The lowest BCUT2D eigenvalue weighted by atomic mass is 10.0. The van der Waals surface area contributed by atoms with Crippen LogP contribution < -0.4 is 5.32 Å². The molecule has 114 valence electrons. The van der Waals surface area contributed by atoms with Gasteiger partial charge in [-0.3, -0.25) is 0 Å². The second-order valence-corrected chi connectivity index (χ2v) is 6.12. The Balaban J connectivity index is 1.63. The van der Waals surface area contributed by atoms with Crippen LogP contribution in [0, 0.1) is 5.92 Å². The maximum Gasteiger partial charge on any atom is 0.158 e. The Morgan fingerprint density at radius 3 is 3.05 bits per heavy atom. The highest BCUT2D eigenvalue weighted by Gasteiger charge is 2.14. The summed E-state index contributed by atoms with van der Waals surface area (Å²) in [6, 6.07) is 2.06. The predicted molar refractivity (Wildman–Crippen MR) is 84.8 cm³/mol. The minimum atomic E-state index is 0.476. The van der Waals surface area contributed by atoms with Gasteiger partial charge in [0.2, 0.25) is 0 Å². The Hall–Kier alpha value is -1.24. The zero-order valence-corrected chi connectivity index (χ0v) is 13.1. The molecule has 1 aliphatic rings. The van der Waals surface area contributed by atoms with Crippen LogP contribution >= 0.6 is 11.3 Å². The minimum Gasteiger partial charge on any atom is -0.381 e. The monoisotopic (exact) mass is 307 g/mol. The zero-order chi connectivity index (χ0) is 14.5. The highest BCUT2D eigenvalue weighted by atomic mass is 32.1. The number of nitrogens with one attached hydrogen (secondary N) is 1. The molecule has 0 spiro atoms. The maximum absolute atomic E-state index is 5.81. The van der Waals surface area contributed by atoms with Crippen molar-refractivity contribution in [3.05, 3.63) is 17.3 Å². The quantitative estimate of drug-likeness (QED) is 0.889. The van der Waals surface area contributed by atoms with Crippen LogP contribution in [0.15, 0.2) is 11.4 Å². The molecule has 0 aromatic carbocycles. The van der Waals surface area contributed by atoms with Crippen molar-refractivity contribution in [3.63, 3.8) is 0 Å². The van der Waals surface area contributed by atoms with E-state index in [-0.39, 0.29) is 0 Å². The summed E-state index contributed by atoms with van der Waals surface area (Å²) in [5.41, 5.74) is 0. The molecule has 2 aromatic heterocycles. The van der Waals surface area contributed by atoms with Crippen LogP contribution in [0.4, 0.5) is 5.82 Å². The van der Waals surface area contributed by atoms with Gasteiger partial charge in [0, 0.05) is 19.8 Å². The fourth-order valence-corrected chi connectivity index (χ4v) is 3.28. The average Bonchev–Trinajstić information content (AvgIpc) is 2.97. The number of fused-ring (bicyclic) bond motifs is 1. The molecule has 1 aliphatic heterocycles. The molecule has 3 heterocycles. The first kappa shape index (κ1) is 14.7. The molecule has 1 N–H and O–H groups in total. The van der Waals surface area contributed by atoms with Crippen LogP contribution in [-0.4, -0.2) is 36.3 Å². The number of thiophene rings is 1. The van der Waals surface area contributed by atoms with E-state index in [4.69, 9.17) is 9.47 Å². The van der Waals surface area contributed by atoms with Crippen molar-refractivity contribution in [1.29, 1.82) is 0 Å². The number of ether oxygens (including phenoxy) is 2. The lowest BCUT2D eigenvalue weighted by Gasteiger charge is -2.21. The standard InChI is InChI=1S/C15H21N3O2S/c1-2-16-14-12-5-8-21-15(12)18-13(17-14)10-20-9-11-3-6-19-7-4-11/h5,8,11H,2-4,6-7,9-10H2,1H3,(H,16,17,18). The van der Waals surface area contributed by atoms with E-state index >= 15 is 0 Å². The van der Waals surface area contributed by atoms with Crippen molar-refractivity contribution in [2.45, 2.75) is 26.4 Å². The molecule has 1 saturated heterocycles. The summed E-state index contributed by atoms with van der Waals surface area (Å²) >= 11 is 1.64. The molecule has 3 rings (SSSR count). The van der Waals surface area contributed by atoms with Crippen molar-refractivity contribution >= 4 is 27.4 Å². The fourth-order valence-electron chi connectivity index (χ4n) is 2.50.